The van der Waals surface area contributed by atoms with Gasteiger partial charge in [0.2, 0.25) is 5.91 Å². The molecule has 0 spiro atoms. The number of hydrogen-bond acceptors (Lipinski definition) is 2. The molecule has 0 radical (unpaired) electrons. The van der Waals surface area contributed by atoms with Crippen molar-refractivity contribution in [3.63, 3.8) is 0 Å². The number of hydrogen-bond donors (Lipinski definition) is 1. The van der Waals surface area contributed by atoms with E-state index in [9.17, 15) is 14.0 Å². The van der Waals surface area contributed by atoms with Crippen LogP contribution in [-0.4, -0.2) is 11.7 Å². The van der Waals surface area contributed by atoms with E-state index in [-0.39, 0.29) is 35.8 Å². The maximum Gasteiger partial charge on any atom is 0.225 e. The summed E-state index contributed by atoms with van der Waals surface area (Å²) in [6.07, 6.45) is 1.07. The van der Waals surface area contributed by atoms with Gasteiger partial charge in [-0.3, -0.25) is 9.59 Å². The minimum Gasteiger partial charge on any atom is -0.329 e. The third-order valence-corrected chi connectivity index (χ3v) is 5.96. The molecule has 0 saturated carbocycles. The summed E-state index contributed by atoms with van der Waals surface area (Å²) < 4.78 is 13.2. The third kappa shape index (κ3) is 3.52. The van der Waals surface area contributed by atoms with Crippen molar-refractivity contribution in [1.29, 1.82) is 0 Å². The Morgan fingerprint density at radius 1 is 0.889 bits per heavy atom. The van der Waals surface area contributed by atoms with Gasteiger partial charge in [0.15, 0.2) is 5.78 Å². The predicted molar refractivity (Wildman–Crippen MR) is 102 cm³/mol. The summed E-state index contributed by atoms with van der Waals surface area (Å²) in [7, 11) is 0. The minimum absolute atomic E-state index is 0.00153. The Bertz CT molecular complexity index is 969. The molecule has 0 saturated heterocycles. The van der Waals surface area contributed by atoms with Gasteiger partial charge in [-0.2, -0.15) is 0 Å². The monoisotopic (exact) mass is 403 g/mol. The van der Waals surface area contributed by atoms with Gasteiger partial charge in [-0.1, -0.05) is 41.4 Å². The van der Waals surface area contributed by atoms with Crippen LogP contribution in [0.1, 0.15) is 42.2 Å². The van der Waals surface area contributed by atoms with Gasteiger partial charge in [-0.15, -0.1) is 0 Å². The highest BCUT2D eigenvalue weighted by Gasteiger charge is 2.38. The number of nitrogens with one attached hydrogen (secondary N) is 1. The van der Waals surface area contributed by atoms with Crippen molar-refractivity contribution in [3.05, 3.63) is 80.7 Å². The smallest absolute Gasteiger partial charge is 0.225 e. The van der Waals surface area contributed by atoms with Gasteiger partial charge in [0.25, 0.3) is 0 Å². The Morgan fingerprint density at radius 3 is 2.30 bits per heavy atom. The average Bonchev–Trinajstić information content (AvgIpc) is 2.63. The van der Waals surface area contributed by atoms with E-state index in [4.69, 9.17) is 23.2 Å². The highest BCUT2D eigenvalue weighted by molar-refractivity contribution is 6.42. The molecule has 4 rings (SSSR count). The van der Waals surface area contributed by atoms with Crippen molar-refractivity contribution in [2.24, 2.45) is 0 Å². The van der Waals surface area contributed by atoms with Crippen LogP contribution in [0.4, 0.5) is 4.39 Å². The van der Waals surface area contributed by atoms with Gasteiger partial charge in [0.1, 0.15) is 5.82 Å². The van der Waals surface area contributed by atoms with Gasteiger partial charge in [-0.25, -0.2) is 4.39 Å². The number of ketones is 1. The molecule has 1 N–H and O–H groups in total. The molecular formula is C21H16Cl2FNO2. The number of rotatable bonds is 2. The Hall–Kier alpha value is -2.17. The second-order valence-electron chi connectivity index (χ2n) is 6.95. The highest BCUT2D eigenvalue weighted by Crippen LogP contribution is 2.43. The number of Topliss-reactive ketones (excluding diaryl/α,β-unsaturated/α-hetero) is 1. The lowest BCUT2D eigenvalue weighted by Crippen LogP contribution is -2.38. The van der Waals surface area contributed by atoms with Crippen LogP contribution < -0.4 is 5.32 Å². The molecule has 1 aliphatic heterocycles. The number of benzene rings is 2. The van der Waals surface area contributed by atoms with Gasteiger partial charge in [0.05, 0.1) is 10.0 Å². The van der Waals surface area contributed by atoms with Crippen LogP contribution in [0.5, 0.6) is 0 Å². The molecule has 3 nitrogen and oxygen atoms in total. The van der Waals surface area contributed by atoms with Gasteiger partial charge >= 0.3 is 0 Å². The molecule has 138 valence electrons. The lowest BCUT2D eigenvalue weighted by atomic mass is 9.73. The Morgan fingerprint density at radius 2 is 1.59 bits per heavy atom. The van der Waals surface area contributed by atoms with E-state index < -0.39 is 0 Å². The first-order chi connectivity index (χ1) is 12.9. The molecular weight excluding hydrogens is 388 g/mol. The summed E-state index contributed by atoms with van der Waals surface area (Å²) in [5.41, 5.74) is 3.00. The Kier molecular flexibility index (Phi) is 4.79. The topological polar surface area (TPSA) is 46.2 Å². The van der Waals surface area contributed by atoms with E-state index >= 15 is 0 Å². The zero-order valence-electron chi connectivity index (χ0n) is 14.3. The molecule has 2 aromatic carbocycles. The van der Waals surface area contributed by atoms with E-state index in [1.807, 2.05) is 0 Å². The third-order valence-electron chi connectivity index (χ3n) is 5.22. The average molecular weight is 404 g/mol. The molecule has 1 amide bonds. The number of amides is 1. The molecule has 27 heavy (non-hydrogen) atoms. The van der Waals surface area contributed by atoms with Gasteiger partial charge < -0.3 is 5.32 Å². The molecule has 1 heterocycles. The van der Waals surface area contributed by atoms with E-state index in [0.29, 0.717) is 34.2 Å². The Balaban J connectivity index is 1.71. The molecule has 6 heteroatoms. The summed E-state index contributed by atoms with van der Waals surface area (Å²) >= 11 is 12.1. The first-order valence-electron chi connectivity index (χ1n) is 8.69. The van der Waals surface area contributed by atoms with Crippen LogP contribution >= 0.6 is 23.2 Å². The van der Waals surface area contributed by atoms with Crippen LogP contribution in [-0.2, 0) is 9.59 Å². The fraction of sp³-hybridized carbons (Fsp3) is 0.238. The van der Waals surface area contributed by atoms with Crippen molar-refractivity contribution in [2.75, 3.05) is 0 Å². The summed E-state index contributed by atoms with van der Waals surface area (Å²) in [4.78, 5) is 25.3. The Labute approximate surface area is 166 Å². The summed E-state index contributed by atoms with van der Waals surface area (Å²) in [6, 6.07) is 11.4. The zero-order valence-corrected chi connectivity index (χ0v) is 15.8. The molecule has 0 fully saturated rings. The van der Waals surface area contributed by atoms with E-state index in [2.05, 4.69) is 5.32 Å². The quantitative estimate of drug-likeness (QED) is 0.754. The second-order valence-corrected chi connectivity index (χ2v) is 7.76. The fourth-order valence-corrected chi connectivity index (χ4v) is 4.25. The van der Waals surface area contributed by atoms with Crippen molar-refractivity contribution < 1.29 is 14.0 Å². The van der Waals surface area contributed by atoms with E-state index in [1.54, 1.807) is 30.3 Å². The molecule has 0 bridgehead atoms. The van der Waals surface area contributed by atoms with Gasteiger partial charge in [0, 0.05) is 30.0 Å². The number of halogens is 3. The molecule has 2 aromatic rings. The predicted octanol–water partition coefficient (Wildman–Crippen LogP) is 5.14. The van der Waals surface area contributed by atoms with Crippen molar-refractivity contribution >= 4 is 34.9 Å². The normalized spacial score (nSPS) is 22.5. The van der Waals surface area contributed by atoms with Crippen LogP contribution in [0.2, 0.25) is 10.0 Å². The second kappa shape index (κ2) is 7.10. The summed E-state index contributed by atoms with van der Waals surface area (Å²) in [6.45, 7) is 0. The van der Waals surface area contributed by atoms with Crippen LogP contribution in [0.15, 0.2) is 53.7 Å². The van der Waals surface area contributed by atoms with Crippen LogP contribution in [0.3, 0.4) is 0 Å². The maximum absolute atomic E-state index is 13.2. The van der Waals surface area contributed by atoms with Gasteiger partial charge in [-0.05, 0) is 47.7 Å². The largest absolute Gasteiger partial charge is 0.329 e. The maximum atomic E-state index is 13.2. The SMILES string of the molecule is O=C1CC(c2ccc(Cl)c(Cl)c2)C2=C(CC(c3ccc(F)cc3)CC2=O)N1. The zero-order chi connectivity index (χ0) is 19.1. The molecule has 0 aromatic heterocycles. The van der Waals surface area contributed by atoms with E-state index in [1.165, 1.54) is 12.1 Å². The van der Waals surface area contributed by atoms with Crippen LogP contribution in [0.25, 0.3) is 0 Å². The molecule has 1 aliphatic carbocycles. The fourth-order valence-electron chi connectivity index (χ4n) is 3.94. The molecule has 2 aliphatic rings. The lowest BCUT2D eigenvalue weighted by Gasteiger charge is -2.34. The number of allylic oxidation sites excluding steroid dienone is 2. The van der Waals surface area contributed by atoms with Crippen molar-refractivity contribution in [1.82, 2.24) is 5.32 Å². The number of carbonyl (C=O) groups excluding carboxylic acids is 2. The standard InChI is InChI=1S/C21H16Cl2FNO2/c22-16-6-3-12(7-17(16)23)15-10-20(27)25-18-8-13(9-19(26)21(15)18)11-1-4-14(24)5-2-11/h1-7,13,15H,8-10H2,(H,25,27). The number of carbonyl (C=O) groups is 2. The minimum atomic E-state index is -0.329. The summed E-state index contributed by atoms with van der Waals surface area (Å²) in [5, 5.41) is 3.70. The first kappa shape index (κ1) is 18.2. The van der Waals surface area contributed by atoms with Crippen molar-refractivity contribution in [2.45, 2.75) is 31.1 Å². The van der Waals surface area contributed by atoms with Crippen molar-refractivity contribution in [3.8, 4) is 0 Å². The lowest BCUT2D eigenvalue weighted by molar-refractivity contribution is -0.122. The first-order valence-corrected chi connectivity index (χ1v) is 9.44. The molecule has 2 unspecified atom stereocenters. The molecule has 2 atom stereocenters. The summed E-state index contributed by atoms with van der Waals surface area (Å²) in [5.74, 6) is -0.847. The van der Waals surface area contributed by atoms with E-state index in [0.717, 1.165) is 11.1 Å². The van der Waals surface area contributed by atoms with Crippen LogP contribution in [0, 0.1) is 5.82 Å². The highest BCUT2D eigenvalue weighted by atomic mass is 35.5.